The van der Waals surface area contributed by atoms with Crippen LogP contribution in [0.5, 0.6) is 0 Å². The van der Waals surface area contributed by atoms with Crippen LogP contribution in [0.25, 0.3) is 0 Å². The molecule has 1 aromatic carbocycles. The Balaban J connectivity index is 2.62. The molecule has 4 nitrogen and oxygen atoms in total. The maximum Gasteiger partial charge on any atom is 0.252 e. The van der Waals surface area contributed by atoms with Crippen LogP contribution in [0.4, 0.5) is 0 Å². The number of amides is 1. The van der Waals surface area contributed by atoms with Gasteiger partial charge in [0.25, 0.3) is 5.91 Å². The van der Waals surface area contributed by atoms with E-state index in [1.165, 1.54) is 11.8 Å². The summed E-state index contributed by atoms with van der Waals surface area (Å²) in [6.45, 7) is 0. The van der Waals surface area contributed by atoms with Gasteiger partial charge in [-0.1, -0.05) is 41.6 Å². The lowest BCUT2D eigenvalue weighted by Crippen LogP contribution is -2.49. The average molecular weight is 256 g/mol. The first kappa shape index (κ1) is 11.4. The van der Waals surface area contributed by atoms with Gasteiger partial charge in [0.05, 0.1) is 10.9 Å². The third kappa shape index (κ3) is 1.52. The Labute approximate surface area is 102 Å². The number of carbonyl (C=O) groups is 1. The Kier molecular flexibility index (Phi) is 2.92. The molecule has 0 spiro atoms. The quantitative estimate of drug-likeness (QED) is 0.830. The number of hydrogen-bond donors (Lipinski definition) is 2. The Hall–Kier alpha value is -1.04. The molecule has 1 aliphatic heterocycles. The summed E-state index contributed by atoms with van der Waals surface area (Å²) in [4.78, 5) is 15.8. The Morgan fingerprint density at radius 1 is 1.50 bits per heavy atom. The molecule has 2 atom stereocenters. The fraction of sp³-hybridized carbons (Fsp3) is 0.200. The number of hydrogen-bond acceptors (Lipinski definition) is 4. The topological polar surface area (TPSA) is 81.5 Å². The molecule has 6 heteroatoms. The zero-order valence-electron chi connectivity index (χ0n) is 8.26. The minimum absolute atomic E-state index is 0.441. The van der Waals surface area contributed by atoms with Crippen molar-refractivity contribution in [2.24, 2.45) is 16.5 Å². The van der Waals surface area contributed by atoms with Crippen molar-refractivity contribution in [3.05, 3.63) is 34.9 Å². The van der Waals surface area contributed by atoms with Gasteiger partial charge < -0.3 is 11.5 Å². The number of primary amides is 1. The molecule has 1 aromatic rings. The van der Waals surface area contributed by atoms with Crippen molar-refractivity contribution in [1.29, 1.82) is 0 Å². The molecular weight excluding hydrogens is 246 g/mol. The first-order valence-corrected chi connectivity index (χ1v) is 5.91. The Morgan fingerprint density at radius 3 is 2.69 bits per heavy atom. The third-order valence-electron chi connectivity index (χ3n) is 2.54. The monoisotopic (exact) mass is 255 g/mol. The number of thioether (sulfide) groups is 1. The largest absolute Gasteiger partial charge is 0.367 e. The molecule has 0 saturated heterocycles. The molecule has 1 amide bonds. The van der Waals surface area contributed by atoms with E-state index >= 15 is 0 Å². The predicted molar refractivity (Wildman–Crippen MR) is 66.4 cm³/mol. The lowest BCUT2D eigenvalue weighted by molar-refractivity contribution is -0.123. The van der Waals surface area contributed by atoms with Crippen molar-refractivity contribution in [2.75, 3.05) is 0 Å². The summed E-state index contributed by atoms with van der Waals surface area (Å²) >= 11 is 7.32. The van der Waals surface area contributed by atoms with Crippen LogP contribution >= 0.6 is 23.4 Å². The van der Waals surface area contributed by atoms with E-state index in [1.54, 1.807) is 29.8 Å². The van der Waals surface area contributed by atoms with Crippen molar-refractivity contribution >= 4 is 34.8 Å². The van der Waals surface area contributed by atoms with Crippen molar-refractivity contribution in [2.45, 2.75) is 10.9 Å². The number of nitrogens with zero attached hydrogens (tertiary/aromatic N) is 1. The maximum atomic E-state index is 11.6. The summed E-state index contributed by atoms with van der Waals surface area (Å²) < 4.78 is 0. The van der Waals surface area contributed by atoms with Gasteiger partial charge in [-0.05, 0) is 6.07 Å². The van der Waals surface area contributed by atoms with Gasteiger partial charge in [-0.25, -0.2) is 0 Å². The second kappa shape index (κ2) is 4.08. The lowest BCUT2D eigenvalue weighted by atomic mass is 9.89. The van der Waals surface area contributed by atoms with Crippen LogP contribution in [0.3, 0.4) is 0 Å². The molecule has 1 heterocycles. The molecule has 0 bridgehead atoms. The standard InChI is InChI=1S/C10H10ClN3OS/c11-7-4-2-1-3-6(7)10(8(12)15)9(13)16-5-14-10/h1-5,9H,13H2,(H2,12,15). The molecule has 0 saturated carbocycles. The highest BCUT2D eigenvalue weighted by Crippen LogP contribution is 2.40. The van der Waals surface area contributed by atoms with E-state index in [2.05, 4.69) is 4.99 Å². The normalized spacial score (nSPS) is 28.2. The molecule has 0 aliphatic carbocycles. The molecule has 2 rings (SSSR count). The molecule has 0 fully saturated rings. The van der Waals surface area contributed by atoms with E-state index in [0.29, 0.717) is 10.6 Å². The summed E-state index contributed by atoms with van der Waals surface area (Å²) in [6.07, 6.45) is 0. The number of halogens is 1. The van der Waals surface area contributed by atoms with Gasteiger partial charge in [-0.2, -0.15) is 0 Å². The average Bonchev–Trinajstić information content (AvgIpc) is 2.62. The van der Waals surface area contributed by atoms with E-state index in [-0.39, 0.29) is 0 Å². The van der Waals surface area contributed by atoms with Crippen molar-refractivity contribution in [3.8, 4) is 0 Å². The van der Waals surface area contributed by atoms with Crippen molar-refractivity contribution in [1.82, 2.24) is 0 Å². The first-order valence-electron chi connectivity index (χ1n) is 4.58. The minimum atomic E-state index is -1.25. The zero-order chi connectivity index (χ0) is 11.8. The van der Waals surface area contributed by atoms with Crippen LogP contribution in [0, 0.1) is 0 Å². The van der Waals surface area contributed by atoms with Gasteiger partial charge in [0.15, 0.2) is 5.54 Å². The molecular formula is C10H10ClN3OS. The van der Waals surface area contributed by atoms with Gasteiger partial charge >= 0.3 is 0 Å². The number of rotatable bonds is 2. The summed E-state index contributed by atoms with van der Waals surface area (Å²) in [5.41, 5.74) is 12.2. The summed E-state index contributed by atoms with van der Waals surface area (Å²) in [7, 11) is 0. The van der Waals surface area contributed by atoms with Gasteiger partial charge in [0.1, 0.15) is 0 Å². The summed E-state index contributed by atoms with van der Waals surface area (Å²) in [5, 5.41) is -0.0960. The minimum Gasteiger partial charge on any atom is -0.367 e. The highest BCUT2D eigenvalue weighted by molar-refractivity contribution is 8.12. The van der Waals surface area contributed by atoms with E-state index in [0.717, 1.165) is 0 Å². The third-order valence-corrected chi connectivity index (χ3v) is 3.73. The van der Waals surface area contributed by atoms with Crippen LogP contribution in [0.2, 0.25) is 5.02 Å². The second-order valence-corrected chi connectivity index (χ2v) is 4.80. The van der Waals surface area contributed by atoms with Gasteiger partial charge in [0, 0.05) is 10.6 Å². The summed E-state index contributed by atoms with van der Waals surface area (Å²) in [6, 6.07) is 6.96. The van der Waals surface area contributed by atoms with Crippen LogP contribution in [0.15, 0.2) is 29.3 Å². The zero-order valence-corrected chi connectivity index (χ0v) is 9.83. The van der Waals surface area contributed by atoms with Gasteiger partial charge in [-0.3, -0.25) is 9.79 Å². The van der Waals surface area contributed by atoms with Crippen molar-refractivity contribution < 1.29 is 4.79 Å². The van der Waals surface area contributed by atoms with E-state index in [9.17, 15) is 4.79 Å². The molecule has 0 radical (unpaired) electrons. The molecule has 16 heavy (non-hydrogen) atoms. The van der Waals surface area contributed by atoms with Crippen LogP contribution in [-0.4, -0.2) is 16.8 Å². The first-order chi connectivity index (χ1) is 7.59. The fourth-order valence-corrected chi connectivity index (χ4v) is 2.82. The second-order valence-electron chi connectivity index (χ2n) is 3.40. The summed E-state index contributed by atoms with van der Waals surface area (Å²) in [5.74, 6) is -0.589. The fourth-order valence-electron chi connectivity index (χ4n) is 1.68. The van der Waals surface area contributed by atoms with Crippen LogP contribution in [0.1, 0.15) is 5.56 Å². The number of carbonyl (C=O) groups excluding carboxylic acids is 1. The number of benzene rings is 1. The van der Waals surface area contributed by atoms with Crippen LogP contribution < -0.4 is 11.5 Å². The highest BCUT2D eigenvalue weighted by Gasteiger charge is 2.48. The number of aliphatic imine (C=N–C) groups is 1. The van der Waals surface area contributed by atoms with Gasteiger partial charge in [0.2, 0.25) is 0 Å². The Morgan fingerprint density at radius 2 is 2.19 bits per heavy atom. The maximum absolute atomic E-state index is 11.6. The molecule has 1 aliphatic rings. The highest BCUT2D eigenvalue weighted by atomic mass is 35.5. The van der Waals surface area contributed by atoms with Crippen molar-refractivity contribution in [3.63, 3.8) is 0 Å². The lowest BCUT2D eigenvalue weighted by Gasteiger charge is -2.27. The molecule has 2 unspecified atom stereocenters. The molecule has 84 valence electrons. The number of nitrogens with two attached hydrogens (primary N) is 2. The van der Waals surface area contributed by atoms with Gasteiger partial charge in [-0.15, -0.1) is 0 Å². The van der Waals surface area contributed by atoms with Crippen LogP contribution in [-0.2, 0) is 10.3 Å². The van der Waals surface area contributed by atoms with E-state index in [1.807, 2.05) is 0 Å². The predicted octanol–water partition coefficient (Wildman–Crippen LogP) is 1.08. The molecule has 4 N–H and O–H groups in total. The SMILES string of the molecule is NC(=O)C1(c2ccccc2Cl)N=CSC1N. The van der Waals surface area contributed by atoms with E-state index < -0.39 is 16.8 Å². The Bertz CT molecular complexity index is 465. The van der Waals surface area contributed by atoms with E-state index in [4.69, 9.17) is 23.1 Å². The molecule has 0 aromatic heterocycles. The smallest absolute Gasteiger partial charge is 0.252 e.